The molecule has 0 saturated heterocycles. The molecule has 0 fully saturated rings. The molecule has 0 atom stereocenters. The first-order valence-electron chi connectivity index (χ1n) is 3.82. The average molecular weight is 184 g/mol. The first-order chi connectivity index (χ1) is 5.59. The highest BCUT2D eigenvalue weighted by Crippen LogP contribution is 2.16. The van der Waals surface area contributed by atoms with E-state index in [2.05, 4.69) is 10.3 Å². The summed E-state index contributed by atoms with van der Waals surface area (Å²) >= 11 is 1.46. The zero-order chi connectivity index (χ0) is 9.14. The third-order valence-corrected chi connectivity index (χ3v) is 2.05. The van der Waals surface area contributed by atoms with Crippen molar-refractivity contribution in [3.63, 3.8) is 0 Å². The van der Waals surface area contributed by atoms with Crippen LogP contribution in [0.1, 0.15) is 31.3 Å². The molecule has 0 unspecified atom stereocenters. The van der Waals surface area contributed by atoms with E-state index >= 15 is 0 Å². The van der Waals surface area contributed by atoms with E-state index in [9.17, 15) is 4.79 Å². The molecule has 12 heavy (non-hydrogen) atoms. The number of hydrogen-bond donors (Lipinski definition) is 1. The number of hydrogen-bond acceptors (Lipinski definition) is 4. The molecule has 1 aromatic heterocycles. The van der Waals surface area contributed by atoms with E-state index < -0.39 is 0 Å². The van der Waals surface area contributed by atoms with E-state index in [1.54, 1.807) is 5.38 Å². The normalized spacial score (nSPS) is 10.3. The highest BCUT2D eigenvalue weighted by Gasteiger charge is 2.05. The Labute approximate surface area is 75.8 Å². The van der Waals surface area contributed by atoms with Gasteiger partial charge < -0.3 is 5.32 Å². The highest BCUT2D eigenvalue weighted by atomic mass is 32.1. The van der Waals surface area contributed by atoms with Gasteiger partial charge in [-0.2, -0.15) is 0 Å². The van der Waals surface area contributed by atoms with Crippen LogP contribution in [0.4, 0.5) is 5.13 Å². The molecule has 0 aliphatic carbocycles. The molecule has 1 aromatic rings. The molecule has 0 aliphatic rings. The van der Waals surface area contributed by atoms with E-state index in [0.29, 0.717) is 11.7 Å². The Morgan fingerprint density at radius 3 is 2.75 bits per heavy atom. The van der Waals surface area contributed by atoms with Crippen LogP contribution in [0.2, 0.25) is 0 Å². The summed E-state index contributed by atoms with van der Waals surface area (Å²) in [5.74, 6) is 0.0167. The molecule has 0 aliphatic heterocycles. The van der Waals surface area contributed by atoms with Crippen LogP contribution in [0.15, 0.2) is 5.38 Å². The highest BCUT2D eigenvalue weighted by molar-refractivity contribution is 7.13. The minimum absolute atomic E-state index is 0.0167. The van der Waals surface area contributed by atoms with Gasteiger partial charge >= 0.3 is 0 Å². The molecule has 0 aromatic carbocycles. The van der Waals surface area contributed by atoms with Crippen molar-refractivity contribution < 1.29 is 4.79 Å². The first-order valence-corrected chi connectivity index (χ1v) is 4.70. The lowest BCUT2D eigenvalue weighted by molar-refractivity contribution is 0.101. The second-order valence-corrected chi connectivity index (χ2v) is 3.75. The lowest BCUT2D eigenvalue weighted by Crippen LogP contribution is -2.09. The van der Waals surface area contributed by atoms with E-state index in [1.165, 1.54) is 18.3 Å². The molecule has 0 amide bonds. The van der Waals surface area contributed by atoms with Gasteiger partial charge in [-0.15, -0.1) is 11.3 Å². The van der Waals surface area contributed by atoms with Crippen molar-refractivity contribution in [2.75, 3.05) is 5.32 Å². The molecule has 4 heteroatoms. The Balaban J connectivity index is 2.71. The van der Waals surface area contributed by atoms with Crippen LogP contribution in [0.25, 0.3) is 0 Å². The van der Waals surface area contributed by atoms with Gasteiger partial charge in [-0.1, -0.05) is 0 Å². The summed E-state index contributed by atoms with van der Waals surface area (Å²) in [7, 11) is 0. The number of anilines is 1. The molecule has 1 heterocycles. The van der Waals surface area contributed by atoms with E-state index in [0.717, 1.165) is 5.13 Å². The van der Waals surface area contributed by atoms with Crippen LogP contribution in [-0.4, -0.2) is 16.8 Å². The van der Waals surface area contributed by atoms with Crippen LogP contribution >= 0.6 is 11.3 Å². The monoisotopic (exact) mass is 184 g/mol. The van der Waals surface area contributed by atoms with Crippen molar-refractivity contribution >= 4 is 22.3 Å². The molecule has 3 nitrogen and oxygen atoms in total. The number of nitrogens with one attached hydrogen (secondary N) is 1. The number of carbonyl (C=O) groups is 1. The smallest absolute Gasteiger partial charge is 0.183 e. The Morgan fingerprint density at radius 2 is 2.33 bits per heavy atom. The van der Waals surface area contributed by atoms with E-state index in [1.807, 2.05) is 13.8 Å². The van der Waals surface area contributed by atoms with Crippen LogP contribution < -0.4 is 5.32 Å². The standard InChI is InChI=1S/C8H12N2OS/c1-5(2)9-8-10-7(4-12-8)6(3)11/h4-5H,1-3H3,(H,9,10). The minimum Gasteiger partial charge on any atom is -0.359 e. The summed E-state index contributed by atoms with van der Waals surface area (Å²) in [6.45, 7) is 5.60. The van der Waals surface area contributed by atoms with Gasteiger partial charge in [-0.25, -0.2) is 4.98 Å². The number of thiazole rings is 1. The Kier molecular flexibility index (Phi) is 2.81. The summed E-state index contributed by atoms with van der Waals surface area (Å²) in [5.41, 5.74) is 0.545. The lowest BCUT2D eigenvalue weighted by Gasteiger charge is -2.03. The predicted octanol–water partition coefficient (Wildman–Crippen LogP) is 2.17. The van der Waals surface area contributed by atoms with Gasteiger partial charge in [0.05, 0.1) is 0 Å². The number of ketones is 1. The molecule has 0 radical (unpaired) electrons. The number of rotatable bonds is 3. The fraction of sp³-hybridized carbons (Fsp3) is 0.500. The van der Waals surface area contributed by atoms with E-state index in [4.69, 9.17) is 0 Å². The second kappa shape index (κ2) is 3.67. The van der Waals surface area contributed by atoms with Gasteiger partial charge in [0.15, 0.2) is 10.9 Å². The van der Waals surface area contributed by atoms with Gasteiger partial charge in [-0.05, 0) is 13.8 Å². The van der Waals surface area contributed by atoms with Crippen molar-refractivity contribution in [3.05, 3.63) is 11.1 Å². The van der Waals surface area contributed by atoms with Crippen molar-refractivity contribution in [1.29, 1.82) is 0 Å². The molecule has 0 saturated carbocycles. The molecular formula is C8H12N2OS. The van der Waals surface area contributed by atoms with E-state index in [-0.39, 0.29) is 5.78 Å². The quantitative estimate of drug-likeness (QED) is 0.732. The third kappa shape index (κ3) is 2.30. The van der Waals surface area contributed by atoms with Gasteiger partial charge in [0.25, 0.3) is 0 Å². The topological polar surface area (TPSA) is 42.0 Å². The summed E-state index contributed by atoms with van der Waals surface area (Å²) in [6, 6.07) is 0.357. The summed E-state index contributed by atoms with van der Waals surface area (Å²) < 4.78 is 0. The van der Waals surface area contributed by atoms with Gasteiger partial charge in [0, 0.05) is 18.3 Å². The van der Waals surface area contributed by atoms with Crippen LogP contribution in [0.3, 0.4) is 0 Å². The molecule has 0 bridgehead atoms. The first kappa shape index (κ1) is 9.19. The summed E-state index contributed by atoms with van der Waals surface area (Å²) in [6.07, 6.45) is 0. The molecule has 1 rings (SSSR count). The summed E-state index contributed by atoms with van der Waals surface area (Å²) in [5, 5.41) is 5.72. The van der Waals surface area contributed by atoms with Crippen molar-refractivity contribution in [2.24, 2.45) is 0 Å². The maximum Gasteiger partial charge on any atom is 0.183 e. The van der Waals surface area contributed by atoms with Crippen LogP contribution in [0.5, 0.6) is 0 Å². The fourth-order valence-corrected chi connectivity index (χ4v) is 1.65. The number of carbonyl (C=O) groups excluding carboxylic acids is 1. The van der Waals surface area contributed by atoms with Crippen molar-refractivity contribution in [1.82, 2.24) is 4.98 Å². The van der Waals surface area contributed by atoms with Crippen molar-refractivity contribution in [3.8, 4) is 0 Å². The Bertz CT molecular complexity index is 280. The lowest BCUT2D eigenvalue weighted by atomic mass is 10.4. The minimum atomic E-state index is 0.0167. The maximum absolute atomic E-state index is 10.9. The van der Waals surface area contributed by atoms with Gasteiger partial charge in [0.1, 0.15) is 5.69 Å². The van der Waals surface area contributed by atoms with Gasteiger partial charge in [0.2, 0.25) is 0 Å². The maximum atomic E-state index is 10.9. The fourth-order valence-electron chi connectivity index (χ4n) is 0.749. The molecule has 0 spiro atoms. The predicted molar refractivity (Wildman–Crippen MR) is 50.9 cm³/mol. The van der Waals surface area contributed by atoms with Crippen LogP contribution in [-0.2, 0) is 0 Å². The second-order valence-electron chi connectivity index (χ2n) is 2.89. The number of aromatic nitrogens is 1. The SMILES string of the molecule is CC(=O)c1csc(NC(C)C)n1. The summed E-state index contributed by atoms with van der Waals surface area (Å²) in [4.78, 5) is 15.0. The van der Waals surface area contributed by atoms with Gasteiger partial charge in [-0.3, -0.25) is 4.79 Å². The molecular weight excluding hydrogens is 172 g/mol. The molecule has 1 N–H and O–H groups in total. The largest absolute Gasteiger partial charge is 0.359 e. The zero-order valence-corrected chi connectivity index (χ0v) is 8.23. The Hall–Kier alpha value is -0.900. The number of Topliss-reactive ketones (excluding diaryl/α,β-unsaturated/α-hetero) is 1. The zero-order valence-electron chi connectivity index (χ0n) is 7.42. The third-order valence-electron chi connectivity index (χ3n) is 1.28. The Morgan fingerprint density at radius 1 is 1.67 bits per heavy atom. The average Bonchev–Trinajstić information content (AvgIpc) is 2.34. The van der Waals surface area contributed by atoms with Crippen molar-refractivity contribution in [2.45, 2.75) is 26.8 Å². The molecule has 66 valence electrons. The van der Waals surface area contributed by atoms with Crippen LogP contribution in [0, 0.1) is 0 Å². The number of nitrogens with zero attached hydrogens (tertiary/aromatic N) is 1.